The second-order valence-corrected chi connectivity index (χ2v) is 6.81. The average molecular weight is 377 g/mol. The van der Waals surface area contributed by atoms with Crippen molar-refractivity contribution in [3.05, 3.63) is 42.2 Å². The fourth-order valence-electron chi connectivity index (χ4n) is 2.29. The maximum absolute atomic E-state index is 14.0. The van der Waals surface area contributed by atoms with Crippen LogP contribution >= 0.6 is 0 Å². The van der Waals surface area contributed by atoms with Crippen LogP contribution in [0, 0.1) is 5.82 Å². The molecule has 27 heavy (non-hydrogen) atoms. The number of alkyl carbamates (subject to hydrolysis) is 1. The van der Waals surface area contributed by atoms with Gasteiger partial charge in [-0.15, -0.1) is 0 Å². The molecule has 0 bridgehead atoms. The summed E-state index contributed by atoms with van der Waals surface area (Å²) < 4.78 is 29.7. The Morgan fingerprint density at radius 3 is 2.56 bits per heavy atom. The van der Waals surface area contributed by atoms with Gasteiger partial charge in [-0.25, -0.2) is 9.18 Å². The molecule has 7 heteroatoms. The maximum Gasteiger partial charge on any atom is 0.407 e. The standard InChI is InChI=1S/C20H24FNO5/c1-20(2,3)27-19(24)22-9-10-26-18-8-5-13(11-17(18)23)15-12-14(25-4)6-7-16(15)21/h5-8,11-12,23H,9-10H2,1-4H3,(H,22,24). The summed E-state index contributed by atoms with van der Waals surface area (Å²) in [5.74, 6) is 0.185. The van der Waals surface area contributed by atoms with Gasteiger partial charge in [0.2, 0.25) is 0 Å². The number of ether oxygens (including phenoxy) is 3. The van der Waals surface area contributed by atoms with Crippen LogP contribution in [0.25, 0.3) is 11.1 Å². The maximum atomic E-state index is 14.0. The van der Waals surface area contributed by atoms with Crippen molar-refractivity contribution in [3.63, 3.8) is 0 Å². The van der Waals surface area contributed by atoms with Gasteiger partial charge in [0.05, 0.1) is 13.7 Å². The van der Waals surface area contributed by atoms with Gasteiger partial charge in [0.1, 0.15) is 23.8 Å². The largest absolute Gasteiger partial charge is 0.504 e. The van der Waals surface area contributed by atoms with Gasteiger partial charge in [-0.3, -0.25) is 0 Å². The van der Waals surface area contributed by atoms with Crippen LogP contribution in [0.2, 0.25) is 0 Å². The zero-order valence-electron chi connectivity index (χ0n) is 15.8. The van der Waals surface area contributed by atoms with Gasteiger partial charge in [-0.1, -0.05) is 6.07 Å². The van der Waals surface area contributed by atoms with Gasteiger partial charge >= 0.3 is 6.09 Å². The first-order valence-electron chi connectivity index (χ1n) is 8.46. The molecule has 0 spiro atoms. The number of nitrogens with one attached hydrogen (secondary N) is 1. The SMILES string of the molecule is COc1ccc(F)c(-c2ccc(OCCNC(=O)OC(C)(C)C)c(O)c2)c1. The molecule has 0 heterocycles. The van der Waals surface area contributed by atoms with Crippen LogP contribution in [0.3, 0.4) is 0 Å². The predicted molar refractivity (Wildman–Crippen MR) is 99.8 cm³/mol. The molecule has 0 fully saturated rings. The van der Waals surface area contributed by atoms with E-state index >= 15 is 0 Å². The van der Waals surface area contributed by atoms with Crippen LogP contribution in [0.1, 0.15) is 20.8 Å². The highest BCUT2D eigenvalue weighted by Gasteiger charge is 2.15. The molecule has 2 rings (SSSR count). The van der Waals surface area contributed by atoms with Gasteiger partial charge in [-0.05, 0) is 56.7 Å². The topological polar surface area (TPSA) is 77.0 Å². The molecule has 2 aromatic carbocycles. The molecule has 146 valence electrons. The number of carbonyl (C=O) groups is 1. The molecule has 0 saturated heterocycles. The lowest BCUT2D eigenvalue weighted by molar-refractivity contribution is 0.0520. The fraction of sp³-hybridized carbons (Fsp3) is 0.350. The summed E-state index contributed by atoms with van der Waals surface area (Å²) in [5, 5.41) is 12.7. The second-order valence-electron chi connectivity index (χ2n) is 6.81. The number of hydrogen-bond donors (Lipinski definition) is 2. The van der Waals surface area contributed by atoms with Crippen molar-refractivity contribution in [1.82, 2.24) is 5.32 Å². The molecule has 0 aliphatic heterocycles. The summed E-state index contributed by atoms with van der Waals surface area (Å²) in [6.07, 6.45) is -0.542. The Labute approximate surface area is 157 Å². The number of rotatable bonds is 6. The van der Waals surface area contributed by atoms with Crippen LogP contribution < -0.4 is 14.8 Å². The molecule has 0 aromatic heterocycles. The summed E-state index contributed by atoms with van der Waals surface area (Å²) in [6, 6.07) is 8.96. The van der Waals surface area contributed by atoms with Crippen LogP contribution in [-0.4, -0.2) is 37.1 Å². The van der Waals surface area contributed by atoms with E-state index in [1.54, 1.807) is 32.9 Å². The van der Waals surface area contributed by atoms with Crippen LogP contribution in [-0.2, 0) is 4.74 Å². The smallest absolute Gasteiger partial charge is 0.407 e. The lowest BCUT2D eigenvalue weighted by Gasteiger charge is -2.19. The second kappa shape index (κ2) is 8.62. The molecule has 2 N–H and O–H groups in total. The van der Waals surface area contributed by atoms with E-state index in [1.165, 1.54) is 31.4 Å². The summed E-state index contributed by atoms with van der Waals surface area (Å²) in [5.41, 5.74) is 0.222. The zero-order chi connectivity index (χ0) is 20.0. The molecule has 0 radical (unpaired) electrons. The summed E-state index contributed by atoms with van der Waals surface area (Å²) in [6.45, 7) is 5.66. The summed E-state index contributed by atoms with van der Waals surface area (Å²) >= 11 is 0. The minimum atomic E-state index is -0.575. The van der Waals surface area contributed by atoms with E-state index in [-0.39, 0.29) is 24.7 Å². The Kier molecular flexibility index (Phi) is 6.50. The number of amides is 1. The number of benzene rings is 2. The van der Waals surface area contributed by atoms with Crippen LogP contribution in [0.15, 0.2) is 36.4 Å². The Morgan fingerprint density at radius 2 is 1.93 bits per heavy atom. The van der Waals surface area contributed by atoms with Gasteiger partial charge in [0.15, 0.2) is 11.5 Å². The van der Waals surface area contributed by atoms with Crippen molar-refractivity contribution in [2.75, 3.05) is 20.3 Å². The molecule has 1 amide bonds. The number of phenols is 1. The summed E-state index contributed by atoms with van der Waals surface area (Å²) in [4.78, 5) is 11.5. The lowest BCUT2D eigenvalue weighted by Crippen LogP contribution is -2.34. The number of methoxy groups -OCH3 is 1. The van der Waals surface area contributed by atoms with Crippen molar-refractivity contribution >= 4 is 6.09 Å². The quantitative estimate of drug-likeness (QED) is 0.741. The first kappa shape index (κ1) is 20.4. The van der Waals surface area contributed by atoms with Gasteiger partial charge in [-0.2, -0.15) is 0 Å². The third kappa shape index (κ3) is 6.06. The van der Waals surface area contributed by atoms with E-state index in [4.69, 9.17) is 14.2 Å². The molecule has 0 saturated carbocycles. The first-order valence-corrected chi connectivity index (χ1v) is 8.46. The van der Waals surface area contributed by atoms with Gasteiger partial charge < -0.3 is 24.6 Å². The first-order chi connectivity index (χ1) is 12.7. The van der Waals surface area contributed by atoms with E-state index < -0.39 is 17.5 Å². The Morgan fingerprint density at radius 1 is 1.19 bits per heavy atom. The third-order valence-corrected chi connectivity index (χ3v) is 3.47. The van der Waals surface area contributed by atoms with Crippen molar-refractivity contribution < 1.29 is 28.5 Å². The minimum absolute atomic E-state index is 0.132. The molecule has 2 aromatic rings. The molecule has 0 aliphatic rings. The zero-order valence-corrected chi connectivity index (χ0v) is 15.8. The van der Waals surface area contributed by atoms with Crippen molar-refractivity contribution in [3.8, 4) is 28.4 Å². The van der Waals surface area contributed by atoms with E-state index in [9.17, 15) is 14.3 Å². The van der Waals surface area contributed by atoms with Gasteiger partial charge in [0, 0.05) is 5.56 Å². The molecular weight excluding hydrogens is 353 g/mol. The minimum Gasteiger partial charge on any atom is -0.504 e. The van der Waals surface area contributed by atoms with Gasteiger partial charge in [0.25, 0.3) is 0 Å². The normalized spacial score (nSPS) is 11.0. The fourth-order valence-corrected chi connectivity index (χ4v) is 2.29. The number of halogens is 1. The van der Waals surface area contributed by atoms with E-state index in [0.29, 0.717) is 16.9 Å². The number of aromatic hydroxyl groups is 1. The highest BCUT2D eigenvalue weighted by Crippen LogP contribution is 2.34. The van der Waals surface area contributed by atoms with Crippen LogP contribution in [0.5, 0.6) is 17.2 Å². The molecule has 0 aliphatic carbocycles. The molecular formula is C20H24FNO5. The monoisotopic (exact) mass is 377 g/mol. The summed E-state index contributed by atoms with van der Waals surface area (Å²) in [7, 11) is 1.50. The van der Waals surface area contributed by atoms with E-state index in [2.05, 4.69) is 5.32 Å². The average Bonchev–Trinajstić information content (AvgIpc) is 2.58. The lowest BCUT2D eigenvalue weighted by atomic mass is 10.0. The van der Waals surface area contributed by atoms with Crippen molar-refractivity contribution in [2.45, 2.75) is 26.4 Å². The highest BCUT2D eigenvalue weighted by atomic mass is 19.1. The highest BCUT2D eigenvalue weighted by molar-refractivity contribution is 5.69. The molecule has 0 unspecified atom stereocenters. The number of phenolic OH excluding ortho intramolecular Hbond substituents is 1. The Hall–Kier alpha value is -2.96. The number of carbonyl (C=O) groups excluding carboxylic acids is 1. The molecule has 6 nitrogen and oxygen atoms in total. The Bertz CT molecular complexity index is 801. The van der Waals surface area contributed by atoms with E-state index in [1.807, 2.05) is 0 Å². The predicted octanol–water partition coefficient (Wildman–Crippen LogP) is 4.11. The third-order valence-electron chi connectivity index (χ3n) is 3.47. The molecule has 0 atom stereocenters. The van der Waals surface area contributed by atoms with Crippen LogP contribution in [0.4, 0.5) is 9.18 Å². The number of hydrogen-bond acceptors (Lipinski definition) is 5. The van der Waals surface area contributed by atoms with Crippen molar-refractivity contribution in [2.24, 2.45) is 0 Å². The van der Waals surface area contributed by atoms with E-state index in [0.717, 1.165) is 0 Å². The Balaban J connectivity index is 1.96. The van der Waals surface area contributed by atoms with Crippen molar-refractivity contribution in [1.29, 1.82) is 0 Å².